The Morgan fingerprint density at radius 3 is 2.47 bits per heavy atom. The van der Waals surface area contributed by atoms with E-state index in [1.54, 1.807) is 7.11 Å². The van der Waals surface area contributed by atoms with Crippen molar-refractivity contribution in [3.05, 3.63) is 35.9 Å². The van der Waals surface area contributed by atoms with Gasteiger partial charge in [-0.25, -0.2) is 0 Å². The smallest absolute Gasteiger partial charge is 0.0657 e. The van der Waals surface area contributed by atoms with Crippen molar-refractivity contribution < 1.29 is 9.47 Å². The number of hydrogen-bond acceptors (Lipinski definition) is 3. The first kappa shape index (κ1) is 16.2. The molecular weight excluding hydrogens is 238 g/mol. The van der Waals surface area contributed by atoms with E-state index in [-0.39, 0.29) is 6.04 Å². The van der Waals surface area contributed by atoms with Crippen LogP contribution in [-0.2, 0) is 9.47 Å². The zero-order valence-electron chi connectivity index (χ0n) is 12.4. The van der Waals surface area contributed by atoms with Gasteiger partial charge in [0, 0.05) is 13.7 Å². The third-order valence-electron chi connectivity index (χ3n) is 2.95. The molecule has 0 aliphatic rings. The highest BCUT2D eigenvalue weighted by molar-refractivity contribution is 5.18. The lowest BCUT2D eigenvalue weighted by molar-refractivity contribution is 0.0757. The van der Waals surface area contributed by atoms with Gasteiger partial charge in [0.2, 0.25) is 0 Å². The van der Waals surface area contributed by atoms with Crippen LogP contribution >= 0.6 is 0 Å². The van der Waals surface area contributed by atoms with Gasteiger partial charge in [-0.05, 0) is 38.8 Å². The summed E-state index contributed by atoms with van der Waals surface area (Å²) in [5.41, 5.74) is 1.28. The van der Waals surface area contributed by atoms with Gasteiger partial charge in [0.1, 0.15) is 0 Å². The number of hydrogen-bond donors (Lipinski definition) is 1. The lowest BCUT2D eigenvalue weighted by Crippen LogP contribution is -2.26. The van der Waals surface area contributed by atoms with Gasteiger partial charge >= 0.3 is 0 Å². The molecule has 0 radical (unpaired) electrons. The average molecular weight is 265 g/mol. The Balaban J connectivity index is 2.23. The predicted octanol–water partition coefficient (Wildman–Crippen LogP) is 3.17. The summed E-state index contributed by atoms with van der Waals surface area (Å²) in [6.45, 7) is 6.68. The van der Waals surface area contributed by atoms with E-state index in [0.717, 1.165) is 26.0 Å². The van der Waals surface area contributed by atoms with Crippen LogP contribution in [0.25, 0.3) is 0 Å². The summed E-state index contributed by atoms with van der Waals surface area (Å²) in [6, 6.07) is 10.7. The highest BCUT2D eigenvalue weighted by Gasteiger charge is 2.09. The minimum absolute atomic E-state index is 0.275. The minimum atomic E-state index is 0.275. The molecule has 1 aromatic carbocycles. The Labute approximate surface area is 117 Å². The normalized spacial score (nSPS) is 12.8. The number of benzene rings is 1. The van der Waals surface area contributed by atoms with Gasteiger partial charge in [0.25, 0.3) is 0 Å². The summed E-state index contributed by atoms with van der Waals surface area (Å²) in [6.07, 6.45) is 2.55. The third-order valence-corrected chi connectivity index (χ3v) is 2.95. The molecule has 1 rings (SSSR count). The molecule has 0 bridgehead atoms. The van der Waals surface area contributed by atoms with E-state index in [2.05, 4.69) is 43.4 Å². The molecule has 0 aliphatic carbocycles. The fourth-order valence-corrected chi connectivity index (χ4v) is 1.95. The molecule has 1 aromatic rings. The predicted molar refractivity (Wildman–Crippen MR) is 79.4 cm³/mol. The Bertz CT molecular complexity index is 314. The van der Waals surface area contributed by atoms with Crippen molar-refractivity contribution in [2.45, 2.75) is 38.8 Å². The van der Waals surface area contributed by atoms with E-state index in [0.29, 0.717) is 12.7 Å². The first-order chi connectivity index (χ1) is 9.24. The molecular formula is C16H27NO2. The average Bonchev–Trinajstić information content (AvgIpc) is 2.42. The maximum atomic E-state index is 5.53. The molecule has 1 unspecified atom stereocenters. The highest BCUT2D eigenvalue weighted by Crippen LogP contribution is 2.12. The van der Waals surface area contributed by atoms with Crippen LogP contribution in [0.1, 0.15) is 38.3 Å². The van der Waals surface area contributed by atoms with Crippen molar-refractivity contribution in [3.8, 4) is 0 Å². The highest BCUT2D eigenvalue weighted by atomic mass is 16.5. The standard InChI is InChI=1S/C16H27NO2/c1-14(2)19-12-8-7-11-17-16(13-18-3)15-9-5-4-6-10-15/h4-6,9-10,14,16-17H,7-8,11-13H2,1-3H3. The van der Waals surface area contributed by atoms with Crippen molar-refractivity contribution in [1.29, 1.82) is 0 Å². The number of nitrogens with one attached hydrogen (secondary N) is 1. The van der Waals surface area contributed by atoms with Crippen LogP contribution in [0.2, 0.25) is 0 Å². The van der Waals surface area contributed by atoms with Gasteiger partial charge < -0.3 is 14.8 Å². The second-order valence-electron chi connectivity index (χ2n) is 5.00. The van der Waals surface area contributed by atoms with Crippen LogP contribution in [0.5, 0.6) is 0 Å². The molecule has 0 aromatic heterocycles. The molecule has 3 heteroatoms. The molecule has 0 heterocycles. The molecule has 0 aliphatic heterocycles. The lowest BCUT2D eigenvalue weighted by Gasteiger charge is -2.18. The second kappa shape index (κ2) is 9.96. The van der Waals surface area contributed by atoms with E-state index >= 15 is 0 Å². The maximum Gasteiger partial charge on any atom is 0.0657 e. The van der Waals surface area contributed by atoms with E-state index in [4.69, 9.17) is 9.47 Å². The van der Waals surface area contributed by atoms with E-state index in [9.17, 15) is 0 Å². The first-order valence-corrected chi connectivity index (χ1v) is 7.13. The number of ether oxygens (including phenoxy) is 2. The fourth-order valence-electron chi connectivity index (χ4n) is 1.95. The monoisotopic (exact) mass is 265 g/mol. The fraction of sp³-hybridized carbons (Fsp3) is 0.625. The summed E-state index contributed by atoms with van der Waals surface area (Å²) < 4.78 is 10.8. The van der Waals surface area contributed by atoms with Crippen LogP contribution in [0.3, 0.4) is 0 Å². The van der Waals surface area contributed by atoms with Gasteiger partial charge in [-0.3, -0.25) is 0 Å². The van der Waals surface area contributed by atoms with Crippen molar-refractivity contribution in [3.63, 3.8) is 0 Å². The van der Waals surface area contributed by atoms with E-state index in [1.165, 1.54) is 5.56 Å². The molecule has 1 atom stereocenters. The van der Waals surface area contributed by atoms with Crippen LogP contribution in [0.15, 0.2) is 30.3 Å². The van der Waals surface area contributed by atoms with Crippen molar-refractivity contribution >= 4 is 0 Å². The van der Waals surface area contributed by atoms with Gasteiger partial charge in [-0.2, -0.15) is 0 Å². The minimum Gasteiger partial charge on any atom is -0.383 e. The zero-order valence-corrected chi connectivity index (χ0v) is 12.4. The summed E-state index contributed by atoms with van der Waals surface area (Å²) >= 11 is 0. The number of rotatable bonds is 10. The molecule has 0 saturated carbocycles. The van der Waals surface area contributed by atoms with Crippen LogP contribution in [-0.4, -0.2) is 33.0 Å². The van der Waals surface area contributed by atoms with Gasteiger partial charge in [-0.15, -0.1) is 0 Å². The Hall–Kier alpha value is -0.900. The Morgan fingerprint density at radius 1 is 1.11 bits per heavy atom. The first-order valence-electron chi connectivity index (χ1n) is 7.13. The van der Waals surface area contributed by atoms with Crippen LogP contribution < -0.4 is 5.32 Å². The van der Waals surface area contributed by atoms with Crippen molar-refractivity contribution in [1.82, 2.24) is 5.32 Å². The van der Waals surface area contributed by atoms with E-state index in [1.807, 2.05) is 6.07 Å². The third kappa shape index (κ3) is 7.31. The molecule has 0 fully saturated rings. The van der Waals surface area contributed by atoms with Crippen LogP contribution in [0, 0.1) is 0 Å². The summed E-state index contributed by atoms with van der Waals surface area (Å²) in [5.74, 6) is 0. The Morgan fingerprint density at radius 2 is 1.84 bits per heavy atom. The second-order valence-corrected chi connectivity index (χ2v) is 5.00. The zero-order chi connectivity index (χ0) is 13.9. The SMILES string of the molecule is COCC(NCCCCOC(C)C)c1ccccc1. The summed E-state index contributed by atoms with van der Waals surface area (Å²) in [7, 11) is 1.74. The Kier molecular flexibility index (Phi) is 8.47. The summed E-state index contributed by atoms with van der Waals surface area (Å²) in [5, 5.41) is 3.54. The van der Waals surface area contributed by atoms with E-state index < -0.39 is 0 Å². The molecule has 19 heavy (non-hydrogen) atoms. The molecule has 0 saturated heterocycles. The van der Waals surface area contributed by atoms with Crippen LogP contribution in [0.4, 0.5) is 0 Å². The molecule has 108 valence electrons. The van der Waals surface area contributed by atoms with Gasteiger partial charge in [0.15, 0.2) is 0 Å². The molecule has 0 spiro atoms. The molecule has 0 amide bonds. The topological polar surface area (TPSA) is 30.5 Å². The quantitative estimate of drug-likeness (QED) is 0.659. The number of unbranched alkanes of at least 4 members (excludes halogenated alkanes) is 1. The molecule has 3 nitrogen and oxygen atoms in total. The maximum absolute atomic E-state index is 5.53. The lowest BCUT2D eigenvalue weighted by atomic mass is 10.1. The largest absolute Gasteiger partial charge is 0.383 e. The van der Waals surface area contributed by atoms with Crippen molar-refractivity contribution in [2.24, 2.45) is 0 Å². The van der Waals surface area contributed by atoms with Crippen molar-refractivity contribution in [2.75, 3.05) is 26.9 Å². The molecule has 1 N–H and O–H groups in total. The van der Waals surface area contributed by atoms with Gasteiger partial charge in [0.05, 0.1) is 18.8 Å². The van der Waals surface area contributed by atoms with Gasteiger partial charge in [-0.1, -0.05) is 30.3 Å². The summed E-state index contributed by atoms with van der Waals surface area (Å²) in [4.78, 5) is 0. The number of methoxy groups -OCH3 is 1.